The van der Waals surface area contributed by atoms with Gasteiger partial charge in [0.05, 0.1) is 0 Å². The number of rotatable bonds is 7. The maximum atomic E-state index is 11.0. The summed E-state index contributed by atoms with van der Waals surface area (Å²) < 4.78 is 19.9. The van der Waals surface area contributed by atoms with Gasteiger partial charge in [-0.1, -0.05) is 0 Å². The zero-order chi connectivity index (χ0) is 14.2. The van der Waals surface area contributed by atoms with E-state index in [1.807, 2.05) is 6.92 Å². The van der Waals surface area contributed by atoms with Crippen LogP contribution in [-0.2, 0) is 26.7 Å². The normalized spacial score (nSPS) is 10.7. The van der Waals surface area contributed by atoms with Crippen LogP contribution in [0.15, 0.2) is 0 Å². The second-order valence-electron chi connectivity index (χ2n) is 3.48. The van der Waals surface area contributed by atoms with Gasteiger partial charge in [0, 0.05) is 0 Å². The number of unbranched alkanes of at least 4 members (excludes halogenated alkanes) is 1. The summed E-state index contributed by atoms with van der Waals surface area (Å²) in [4.78, 5) is 33.1. The van der Waals surface area contributed by atoms with E-state index in [4.69, 9.17) is 12.3 Å². The Kier molecular flexibility index (Phi) is 7.92. The van der Waals surface area contributed by atoms with Crippen molar-refractivity contribution in [2.45, 2.75) is 40.5 Å². The van der Waals surface area contributed by atoms with Crippen LogP contribution in [0.3, 0.4) is 0 Å². The van der Waals surface area contributed by atoms with Crippen LogP contribution in [-0.4, -0.2) is 44.5 Å². The molecule has 8 heteroatoms. The molecule has 7 nitrogen and oxygen atoms in total. The van der Waals surface area contributed by atoms with E-state index in [0.29, 0.717) is 6.42 Å². The van der Waals surface area contributed by atoms with E-state index in [9.17, 15) is 14.4 Å². The summed E-state index contributed by atoms with van der Waals surface area (Å²) in [6, 6.07) is 0. The molecule has 0 heterocycles. The van der Waals surface area contributed by atoms with Crippen molar-refractivity contribution in [1.82, 2.24) is 0 Å². The van der Waals surface area contributed by atoms with Gasteiger partial charge >= 0.3 is 112 Å². The van der Waals surface area contributed by atoms with Crippen molar-refractivity contribution in [2.24, 2.45) is 0 Å². The monoisotopic (exact) mass is 370 g/mol. The molecule has 0 saturated heterocycles. The van der Waals surface area contributed by atoms with Gasteiger partial charge in [-0.15, -0.1) is 0 Å². The van der Waals surface area contributed by atoms with Crippen LogP contribution in [0.25, 0.3) is 0 Å². The summed E-state index contributed by atoms with van der Waals surface area (Å²) in [5.74, 6) is -2.15. The Morgan fingerprint density at radius 3 is 1.56 bits per heavy atom. The van der Waals surface area contributed by atoms with Crippen molar-refractivity contribution >= 4 is 37.9 Å². The summed E-state index contributed by atoms with van der Waals surface area (Å²) in [6.07, 6.45) is 1.50. The van der Waals surface area contributed by atoms with Gasteiger partial charge in [0.15, 0.2) is 0 Å². The molecular weight excluding hydrogens is 351 g/mol. The first-order chi connectivity index (χ1) is 8.31. The zero-order valence-electron chi connectivity index (χ0n) is 11.0. The predicted molar refractivity (Wildman–Crippen MR) is 61.9 cm³/mol. The Bertz CT molecular complexity index is 275. The molecule has 0 fully saturated rings. The van der Waals surface area contributed by atoms with E-state index < -0.39 is 37.9 Å². The fourth-order valence-corrected chi connectivity index (χ4v) is 6.02. The minimum absolute atomic E-state index is 0.195. The SMILES string of the molecule is CCCC[O][Sn]([O]C(C)=O)([O]C(C)=O)[O]C(C)=O. The topological polar surface area (TPSA) is 88.1 Å². The van der Waals surface area contributed by atoms with E-state index in [0.717, 1.165) is 27.2 Å². The number of carbonyl (C=O) groups is 3. The first kappa shape index (κ1) is 17.2. The van der Waals surface area contributed by atoms with Crippen LogP contribution in [0.4, 0.5) is 0 Å². The number of carbonyl (C=O) groups excluding carboxylic acids is 3. The second kappa shape index (κ2) is 8.30. The van der Waals surface area contributed by atoms with Crippen LogP contribution in [0.2, 0.25) is 0 Å². The van der Waals surface area contributed by atoms with E-state index in [2.05, 4.69) is 0 Å². The number of hydrogen-bond donors (Lipinski definition) is 0. The molecule has 0 saturated carbocycles. The molecular formula is C10H18O7Sn. The summed E-state index contributed by atoms with van der Waals surface area (Å²) in [5, 5.41) is 0. The molecule has 0 spiro atoms. The number of hydrogen-bond acceptors (Lipinski definition) is 7. The van der Waals surface area contributed by atoms with Gasteiger partial charge in [-0.05, 0) is 0 Å². The van der Waals surface area contributed by atoms with E-state index in [1.165, 1.54) is 0 Å². The molecule has 0 aliphatic carbocycles. The molecule has 0 N–H and O–H groups in total. The first-order valence-corrected chi connectivity index (χ1v) is 10.2. The van der Waals surface area contributed by atoms with Gasteiger partial charge < -0.3 is 0 Å². The molecule has 0 aliphatic rings. The van der Waals surface area contributed by atoms with Crippen molar-refractivity contribution < 1.29 is 26.7 Å². The van der Waals surface area contributed by atoms with Crippen molar-refractivity contribution in [3.63, 3.8) is 0 Å². The Labute approximate surface area is 112 Å². The fraction of sp³-hybridized carbons (Fsp3) is 0.700. The van der Waals surface area contributed by atoms with Crippen LogP contribution in [0, 0.1) is 0 Å². The Morgan fingerprint density at radius 1 is 0.889 bits per heavy atom. The molecule has 104 valence electrons. The molecule has 0 radical (unpaired) electrons. The summed E-state index contributed by atoms with van der Waals surface area (Å²) in [6.45, 7) is 5.51. The second-order valence-corrected chi connectivity index (χ2v) is 8.91. The Morgan fingerprint density at radius 2 is 1.28 bits per heavy atom. The van der Waals surface area contributed by atoms with E-state index in [1.54, 1.807) is 0 Å². The molecule has 0 rings (SSSR count). The van der Waals surface area contributed by atoms with E-state index in [-0.39, 0.29) is 6.61 Å². The van der Waals surface area contributed by atoms with Gasteiger partial charge in [-0.25, -0.2) is 0 Å². The molecule has 18 heavy (non-hydrogen) atoms. The summed E-state index contributed by atoms with van der Waals surface area (Å²) in [5.41, 5.74) is 0. The van der Waals surface area contributed by atoms with Gasteiger partial charge in [-0.2, -0.15) is 0 Å². The molecule has 0 bridgehead atoms. The standard InChI is InChI=1S/C4H9O.3C2H4O2.Sn/c1-2-3-4-5;3*1-2(3)4;/h2-4H2,1H3;3*1H3,(H,3,4);/q-1;;;;+4/p-3. The minimum atomic E-state index is -4.91. The van der Waals surface area contributed by atoms with Gasteiger partial charge in [-0.3, -0.25) is 0 Å². The molecule has 0 aliphatic heterocycles. The Balaban J connectivity index is 4.90. The van der Waals surface area contributed by atoms with Crippen molar-refractivity contribution in [3.05, 3.63) is 0 Å². The predicted octanol–water partition coefficient (Wildman–Crippen LogP) is 0.928. The molecule has 0 atom stereocenters. The van der Waals surface area contributed by atoms with Gasteiger partial charge in [0.25, 0.3) is 0 Å². The van der Waals surface area contributed by atoms with E-state index >= 15 is 0 Å². The third kappa shape index (κ3) is 7.49. The van der Waals surface area contributed by atoms with Crippen LogP contribution in [0.5, 0.6) is 0 Å². The first-order valence-electron chi connectivity index (χ1n) is 5.54. The summed E-state index contributed by atoms with van der Waals surface area (Å²) >= 11 is -4.91. The van der Waals surface area contributed by atoms with Crippen molar-refractivity contribution in [2.75, 3.05) is 6.61 Å². The zero-order valence-corrected chi connectivity index (χ0v) is 13.8. The van der Waals surface area contributed by atoms with Crippen molar-refractivity contribution in [1.29, 1.82) is 0 Å². The maximum absolute atomic E-state index is 11.0. The van der Waals surface area contributed by atoms with Crippen LogP contribution < -0.4 is 0 Å². The summed E-state index contributed by atoms with van der Waals surface area (Å²) in [7, 11) is 0. The van der Waals surface area contributed by atoms with Crippen LogP contribution >= 0.6 is 0 Å². The molecule has 0 amide bonds. The molecule has 0 aromatic carbocycles. The van der Waals surface area contributed by atoms with Gasteiger partial charge in [0.1, 0.15) is 0 Å². The fourth-order valence-electron chi connectivity index (χ4n) is 1.02. The van der Waals surface area contributed by atoms with Gasteiger partial charge in [0.2, 0.25) is 0 Å². The Hall–Kier alpha value is -0.831. The quantitative estimate of drug-likeness (QED) is 0.487. The molecule has 0 aromatic heterocycles. The van der Waals surface area contributed by atoms with Crippen molar-refractivity contribution in [3.8, 4) is 0 Å². The van der Waals surface area contributed by atoms with Crippen LogP contribution in [0.1, 0.15) is 40.5 Å². The molecule has 0 aromatic rings. The third-order valence-electron chi connectivity index (χ3n) is 1.58. The average molecular weight is 369 g/mol. The third-order valence-corrected chi connectivity index (χ3v) is 7.78. The molecule has 0 unspecified atom stereocenters. The average Bonchev–Trinajstić information content (AvgIpc) is 2.13.